The average molecular weight is 259 g/mol. The fraction of sp³-hybridized carbons (Fsp3) is 0.333. The van der Waals surface area contributed by atoms with Crippen LogP contribution < -0.4 is 0 Å². The van der Waals surface area contributed by atoms with Gasteiger partial charge in [0.05, 0.1) is 25.3 Å². The fourth-order valence-corrected chi connectivity index (χ4v) is 1.79. The average Bonchev–Trinajstić information content (AvgIpc) is 2.46. The van der Waals surface area contributed by atoms with E-state index < -0.39 is 0 Å². The number of hydrogen-bond donors (Lipinski definition) is 0. The van der Waals surface area contributed by atoms with E-state index in [1.54, 1.807) is 13.3 Å². The Morgan fingerprint density at radius 3 is 2.95 bits per heavy atom. The van der Waals surface area contributed by atoms with Crippen molar-refractivity contribution in [3.63, 3.8) is 0 Å². The predicted molar refractivity (Wildman–Crippen MR) is 73.4 cm³/mol. The Labute approximate surface area is 112 Å². The largest absolute Gasteiger partial charge is 0.382 e. The Balaban J connectivity index is 1.93. The number of methoxy groups -OCH3 is 1. The minimum Gasteiger partial charge on any atom is -0.382 e. The van der Waals surface area contributed by atoms with Crippen molar-refractivity contribution in [3.8, 4) is 0 Å². The van der Waals surface area contributed by atoms with E-state index in [1.807, 2.05) is 30.3 Å². The van der Waals surface area contributed by atoms with Crippen molar-refractivity contribution in [3.05, 3.63) is 42.1 Å². The Morgan fingerprint density at radius 2 is 2.11 bits per heavy atom. The molecule has 0 aliphatic carbocycles. The van der Waals surface area contributed by atoms with Gasteiger partial charge in [-0.25, -0.2) is 0 Å². The second-order valence-corrected chi connectivity index (χ2v) is 4.19. The zero-order chi connectivity index (χ0) is 13.5. The molecule has 100 valence electrons. The highest BCUT2D eigenvalue weighted by Gasteiger charge is 2.06. The summed E-state index contributed by atoms with van der Waals surface area (Å²) >= 11 is 0. The van der Waals surface area contributed by atoms with Crippen LogP contribution in [0.3, 0.4) is 0 Å². The van der Waals surface area contributed by atoms with Crippen molar-refractivity contribution in [2.24, 2.45) is 0 Å². The lowest BCUT2D eigenvalue weighted by Gasteiger charge is -2.04. The molecule has 0 unspecified atom stereocenters. The lowest BCUT2D eigenvalue weighted by atomic mass is 10.1. The molecule has 0 radical (unpaired) electrons. The summed E-state index contributed by atoms with van der Waals surface area (Å²) in [5, 5.41) is 1.04. The van der Waals surface area contributed by atoms with Gasteiger partial charge in [0.2, 0.25) is 0 Å². The first-order valence-electron chi connectivity index (χ1n) is 6.26. The number of fused-ring (bicyclic) bond motifs is 1. The number of carbonyl (C=O) groups is 1. The summed E-state index contributed by atoms with van der Waals surface area (Å²) < 4.78 is 10.2. The van der Waals surface area contributed by atoms with Crippen molar-refractivity contribution in [2.75, 3.05) is 26.9 Å². The second kappa shape index (κ2) is 6.97. The van der Waals surface area contributed by atoms with Gasteiger partial charge < -0.3 is 9.47 Å². The number of aromatic nitrogens is 1. The maximum Gasteiger partial charge on any atom is 0.165 e. The molecule has 0 aliphatic rings. The maximum absolute atomic E-state index is 12.0. The summed E-state index contributed by atoms with van der Waals surface area (Å²) in [6, 6.07) is 9.44. The van der Waals surface area contributed by atoms with Gasteiger partial charge in [0.15, 0.2) is 5.78 Å². The molecule has 0 aliphatic heterocycles. The number of pyridine rings is 1. The Hall–Kier alpha value is -1.78. The first-order chi connectivity index (χ1) is 9.31. The number of benzene rings is 1. The minimum atomic E-state index is 0.0740. The second-order valence-electron chi connectivity index (χ2n) is 4.19. The molecule has 0 bridgehead atoms. The third-order valence-corrected chi connectivity index (χ3v) is 2.83. The van der Waals surface area contributed by atoms with E-state index in [1.165, 1.54) is 0 Å². The molecular formula is C15H17NO3. The van der Waals surface area contributed by atoms with E-state index in [4.69, 9.17) is 9.47 Å². The maximum atomic E-state index is 12.0. The summed E-state index contributed by atoms with van der Waals surface area (Å²) in [4.78, 5) is 16.2. The number of carbonyl (C=O) groups excluding carboxylic acids is 1. The van der Waals surface area contributed by atoms with Crippen LogP contribution in [-0.2, 0) is 9.47 Å². The van der Waals surface area contributed by atoms with Gasteiger partial charge in [0.1, 0.15) is 0 Å². The first-order valence-corrected chi connectivity index (χ1v) is 6.26. The Kier molecular flexibility index (Phi) is 5.01. The summed E-state index contributed by atoms with van der Waals surface area (Å²) in [6.45, 7) is 1.49. The highest BCUT2D eigenvalue weighted by Crippen LogP contribution is 2.14. The molecule has 0 fully saturated rings. The van der Waals surface area contributed by atoms with Gasteiger partial charge in [-0.3, -0.25) is 9.78 Å². The van der Waals surface area contributed by atoms with Crippen LogP contribution in [0.15, 0.2) is 36.5 Å². The van der Waals surface area contributed by atoms with Crippen LogP contribution in [0.25, 0.3) is 10.9 Å². The van der Waals surface area contributed by atoms with Crippen molar-refractivity contribution in [1.29, 1.82) is 0 Å². The quantitative estimate of drug-likeness (QED) is 0.566. The van der Waals surface area contributed by atoms with Crippen LogP contribution in [0.5, 0.6) is 0 Å². The highest BCUT2D eigenvalue weighted by atomic mass is 16.5. The zero-order valence-electron chi connectivity index (χ0n) is 11.0. The molecule has 0 saturated heterocycles. The van der Waals surface area contributed by atoms with Gasteiger partial charge in [-0.2, -0.15) is 0 Å². The van der Waals surface area contributed by atoms with E-state index >= 15 is 0 Å². The van der Waals surface area contributed by atoms with Crippen LogP contribution in [0.1, 0.15) is 16.8 Å². The SMILES string of the molecule is COCCOCCC(=O)c1ccc2cccnc2c1. The summed E-state index contributed by atoms with van der Waals surface area (Å²) in [5.41, 5.74) is 1.52. The number of Topliss-reactive ketones (excluding diaryl/α,β-unsaturated/α-hetero) is 1. The third kappa shape index (κ3) is 3.84. The fourth-order valence-electron chi connectivity index (χ4n) is 1.79. The highest BCUT2D eigenvalue weighted by molar-refractivity contribution is 5.99. The Bertz CT molecular complexity index is 554. The lowest BCUT2D eigenvalue weighted by Crippen LogP contribution is -2.08. The van der Waals surface area contributed by atoms with Gasteiger partial charge in [-0.15, -0.1) is 0 Å². The van der Waals surface area contributed by atoms with Crippen LogP contribution in [0.4, 0.5) is 0 Å². The normalized spacial score (nSPS) is 10.8. The molecule has 2 aromatic rings. The van der Waals surface area contributed by atoms with Crippen LogP contribution in [-0.4, -0.2) is 37.7 Å². The molecule has 4 nitrogen and oxygen atoms in total. The molecule has 4 heteroatoms. The van der Waals surface area contributed by atoms with Crippen LogP contribution in [0, 0.1) is 0 Å². The molecule has 2 rings (SSSR count). The van der Waals surface area contributed by atoms with Gasteiger partial charge in [-0.05, 0) is 12.1 Å². The summed E-state index contributed by atoms with van der Waals surface area (Å²) in [6.07, 6.45) is 2.10. The van der Waals surface area contributed by atoms with E-state index in [0.29, 0.717) is 31.8 Å². The van der Waals surface area contributed by atoms with E-state index in [-0.39, 0.29) is 5.78 Å². The number of nitrogens with zero attached hydrogens (tertiary/aromatic N) is 1. The molecule has 0 saturated carbocycles. The smallest absolute Gasteiger partial charge is 0.165 e. The van der Waals surface area contributed by atoms with E-state index in [9.17, 15) is 4.79 Å². The van der Waals surface area contributed by atoms with E-state index in [2.05, 4.69) is 4.98 Å². The molecular weight excluding hydrogens is 242 g/mol. The molecule has 19 heavy (non-hydrogen) atoms. The molecule has 1 aromatic carbocycles. The van der Waals surface area contributed by atoms with Gasteiger partial charge in [0.25, 0.3) is 0 Å². The number of ether oxygens (including phenoxy) is 2. The van der Waals surface area contributed by atoms with Crippen molar-refractivity contribution < 1.29 is 14.3 Å². The Morgan fingerprint density at radius 1 is 1.21 bits per heavy atom. The van der Waals surface area contributed by atoms with Crippen molar-refractivity contribution in [2.45, 2.75) is 6.42 Å². The first kappa shape index (κ1) is 13.6. The minimum absolute atomic E-state index is 0.0740. The molecule has 1 heterocycles. The number of hydrogen-bond acceptors (Lipinski definition) is 4. The summed E-state index contributed by atoms with van der Waals surface area (Å²) in [7, 11) is 1.62. The van der Waals surface area contributed by atoms with Gasteiger partial charge in [0, 0.05) is 30.7 Å². The topological polar surface area (TPSA) is 48.4 Å². The third-order valence-electron chi connectivity index (χ3n) is 2.83. The zero-order valence-corrected chi connectivity index (χ0v) is 11.0. The molecule has 1 aromatic heterocycles. The number of rotatable bonds is 7. The van der Waals surface area contributed by atoms with Crippen molar-refractivity contribution in [1.82, 2.24) is 4.98 Å². The van der Waals surface area contributed by atoms with E-state index in [0.717, 1.165) is 10.9 Å². The van der Waals surface area contributed by atoms with Crippen LogP contribution >= 0.6 is 0 Å². The standard InChI is InChI=1S/C15H17NO3/c1-18-9-10-19-8-6-15(17)13-5-4-12-3-2-7-16-14(12)11-13/h2-5,7,11H,6,8-10H2,1H3. The monoisotopic (exact) mass is 259 g/mol. The van der Waals surface area contributed by atoms with Crippen LogP contribution in [0.2, 0.25) is 0 Å². The van der Waals surface area contributed by atoms with Crippen molar-refractivity contribution >= 4 is 16.7 Å². The van der Waals surface area contributed by atoms with Gasteiger partial charge >= 0.3 is 0 Å². The molecule has 0 atom stereocenters. The summed E-state index contributed by atoms with van der Waals surface area (Å²) in [5.74, 6) is 0.0740. The molecule has 0 amide bonds. The number of ketones is 1. The molecule has 0 spiro atoms. The van der Waals surface area contributed by atoms with Gasteiger partial charge in [-0.1, -0.05) is 18.2 Å². The molecule has 0 N–H and O–H groups in total. The predicted octanol–water partition coefficient (Wildman–Crippen LogP) is 2.47. The lowest BCUT2D eigenvalue weighted by molar-refractivity contribution is 0.0641.